The molecule has 27 heavy (non-hydrogen) atoms. The average Bonchev–Trinajstić information content (AvgIpc) is 2.63. The van der Waals surface area contributed by atoms with Crippen molar-refractivity contribution in [2.45, 2.75) is 13.8 Å². The second kappa shape index (κ2) is 8.17. The van der Waals surface area contributed by atoms with Crippen LogP contribution in [0.4, 0.5) is 11.4 Å². The van der Waals surface area contributed by atoms with Crippen molar-refractivity contribution in [3.63, 3.8) is 0 Å². The molecule has 2 aromatic carbocycles. The fourth-order valence-corrected chi connectivity index (χ4v) is 2.33. The van der Waals surface area contributed by atoms with Crippen LogP contribution in [0.25, 0.3) is 0 Å². The number of rotatable bonds is 6. The number of para-hydroxylation sites is 1. The van der Waals surface area contributed by atoms with Crippen LogP contribution in [0.3, 0.4) is 0 Å². The molecule has 9 heteroatoms. The molecule has 0 aliphatic heterocycles. The Hall–Kier alpha value is -3.62. The van der Waals surface area contributed by atoms with Gasteiger partial charge >= 0.3 is 11.7 Å². The maximum absolute atomic E-state index is 12.0. The number of esters is 1. The zero-order valence-corrected chi connectivity index (χ0v) is 14.9. The van der Waals surface area contributed by atoms with Gasteiger partial charge < -0.3 is 19.9 Å². The number of nitro groups is 1. The zero-order chi connectivity index (χ0) is 20.1. The van der Waals surface area contributed by atoms with Crippen LogP contribution in [0.2, 0.25) is 0 Å². The topological polar surface area (TPSA) is 128 Å². The van der Waals surface area contributed by atoms with Crippen LogP contribution in [-0.4, -0.2) is 35.6 Å². The highest BCUT2D eigenvalue weighted by Gasteiger charge is 2.19. The van der Waals surface area contributed by atoms with E-state index in [1.165, 1.54) is 25.3 Å². The van der Waals surface area contributed by atoms with Gasteiger partial charge in [-0.3, -0.25) is 14.9 Å². The lowest BCUT2D eigenvalue weighted by Gasteiger charge is -2.11. The van der Waals surface area contributed by atoms with E-state index < -0.39 is 23.4 Å². The number of methoxy groups -OCH3 is 1. The number of aryl methyl sites for hydroxylation is 2. The first-order chi connectivity index (χ1) is 12.7. The summed E-state index contributed by atoms with van der Waals surface area (Å²) in [5.74, 6) is -1.71. The molecule has 142 valence electrons. The van der Waals surface area contributed by atoms with Crippen molar-refractivity contribution in [1.29, 1.82) is 0 Å². The van der Waals surface area contributed by atoms with Crippen molar-refractivity contribution in [3.05, 3.63) is 57.1 Å². The normalized spacial score (nSPS) is 10.2. The van der Waals surface area contributed by atoms with Crippen molar-refractivity contribution in [2.75, 3.05) is 19.0 Å². The number of hydrogen-bond donors (Lipinski definition) is 2. The fourth-order valence-electron chi connectivity index (χ4n) is 2.33. The minimum atomic E-state index is -0.843. The molecular weight excluding hydrogens is 356 g/mol. The Kier molecular flexibility index (Phi) is 5.96. The largest absolute Gasteiger partial charge is 0.507 e. The van der Waals surface area contributed by atoms with E-state index in [-0.39, 0.29) is 28.4 Å². The maximum atomic E-state index is 12.0. The molecule has 2 rings (SSSR count). The molecule has 0 aliphatic carbocycles. The van der Waals surface area contributed by atoms with Crippen LogP contribution in [0.1, 0.15) is 21.5 Å². The third-order valence-electron chi connectivity index (χ3n) is 3.79. The van der Waals surface area contributed by atoms with Crippen LogP contribution in [0.5, 0.6) is 11.5 Å². The molecule has 0 aliphatic rings. The molecule has 0 saturated carbocycles. The second-order valence-corrected chi connectivity index (χ2v) is 5.69. The highest BCUT2D eigenvalue weighted by atomic mass is 16.6. The molecule has 0 heterocycles. The Morgan fingerprint density at radius 1 is 1.22 bits per heavy atom. The number of nitrogens with one attached hydrogen (secondary N) is 1. The Morgan fingerprint density at radius 3 is 2.56 bits per heavy atom. The van der Waals surface area contributed by atoms with Crippen LogP contribution >= 0.6 is 0 Å². The smallest absolute Gasteiger partial charge is 0.342 e. The van der Waals surface area contributed by atoms with Gasteiger partial charge in [-0.2, -0.15) is 0 Å². The third kappa shape index (κ3) is 4.51. The van der Waals surface area contributed by atoms with E-state index in [1.54, 1.807) is 26.0 Å². The predicted molar refractivity (Wildman–Crippen MR) is 96.1 cm³/mol. The summed E-state index contributed by atoms with van der Waals surface area (Å²) in [4.78, 5) is 34.5. The number of aromatic hydroxyl groups is 1. The number of ether oxygens (including phenoxy) is 2. The number of phenols is 1. The first-order valence-corrected chi connectivity index (χ1v) is 7.83. The Morgan fingerprint density at radius 2 is 1.93 bits per heavy atom. The number of anilines is 1. The van der Waals surface area contributed by atoms with E-state index in [9.17, 15) is 24.8 Å². The van der Waals surface area contributed by atoms with Gasteiger partial charge in [0.2, 0.25) is 0 Å². The number of carbonyl (C=O) groups excluding carboxylic acids is 2. The lowest BCUT2D eigenvalue weighted by Crippen LogP contribution is -2.21. The summed E-state index contributed by atoms with van der Waals surface area (Å²) < 4.78 is 9.86. The summed E-state index contributed by atoms with van der Waals surface area (Å²) in [5.41, 5.74) is 0.961. The minimum Gasteiger partial charge on any atom is -0.507 e. The molecule has 0 bridgehead atoms. The summed E-state index contributed by atoms with van der Waals surface area (Å²) >= 11 is 0. The number of phenolic OH excluding ortho intramolecular Hbond substituents is 1. The van der Waals surface area contributed by atoms with Gasteiger partial charge in [0, 0.05) is 17.8 Å². The summed E-state index contributed by atoms with van der Waals surface area (Å²) in [7, 11) is 1.28. The Labute approximate surface area is 154 Å². The molecule has 0 spiro atoms. The van der Waals surface area contributed by atoms with Gasteiger partial charge in [0.05, 0.1) is 12.0 Å². The number of benzene rings is 2. The number of carbonyl (C=O) groups is 2. The third-order valence-corrected chi connectivity index (χ3v) is 3.79. The van der Waals surface area contributed by atoms with Crippen molar-refractivity contribution in [3.8, 4) is 11.5 Å². The Bertz CT molecular complexity index is 909. The lowest BCUT2D eigenvalue weighted by molar-refractivity contribution is -0.385. The van der Waals surface area contributed by atoms with E-state index in [2.05, 4.69) is 5.32 Å². The van der Waals surface area contributed by atoms with E-state index in [0.29, 0.717) is 11.1 Å². The van der Waals surface area contributed by atoms with Gasteiger partial charge in [-0.1, -0.05) is 12.1 Å². The van der Waals surface area contributed by atoms with Crippen LogP contribution in [0.15, 0.2) is 30.3 Å². The van der Waals surface area contributed by atoms with E-state index >= 15 is 0 Å². The van der Waals surface area contributed by atoms with Crippen LogP contribution in [-0.2, 0) is 9.53 Å². The number of nitro benzene ring substituents is 1. The molecular formula is C18H18N2O7. The lowest BCUT2D eigenvalue weighted by atomic mass is 10.1. The number of nitrogens with zero attached hydrogens (tertiary/aromatic N) is 1. The number of hydrogen-bond acceptors (Lipinski definition) is 7. The average molecular weight is 374 g/mol. The summed E-state index contributed by atoms with van der Waals surface area (Å²) in [5, 5.41) is 23.4. The molecule has 9 nitrogen and oxygen atoms in total. The molecule has 0 unspecified atom stereocenters. The fraction of sp³-hybridized carbons (Fsp3) is 0.222. The van der Waals surface area contributed by atoms with E-state index in [1.807, 2.05) is 0 Å². The van der Waals surface area contributed by atoms with Gasteiger partial charge in [-0.15, -0.1) is 0 Å². The SMILES string of the molecule is COc1cc(NC(=O)COC(=O)c2cccc(C)c2O)c(C)cc1[N+](=O)[O-]. The molecule has 2 N–H and O–H groups in total. The summed E-state index contributed by atoms with van der Waals surface area (Å²) in [6.07, 6.45) is 0. The first-order valence-electron chi connectivity index (χ1n) is 7.83. The van der Waals surface area contributed by atoms with Crippen LogP contribution in [0, 0.1) is 24.0 Å². The monoisotopic (exact) mass is 374 g/mol. The molecule has 0 radical (unpaired) electrons. The first kappa shape index (κ1) is 19.7. The quantitative estimate of drug-likeness (QED) is 0.452. The second-order valence-electron chi connectivity index (χ2n) is 5.69. The van der Waals surface area contributed by atoms with E-state index in [0.717, 1.165) is 0 Å². The minimum absolute atomic E-state index is 0.0115. The Balaban J connectivity index is 2.07. The van der Waals surface area contributed by atoms with Crippen LogP contribution < -0.4 is 10.1 Å². The predicted octanol–water partition coefficient (Wildman–Crippen LogP) is 2.72. The zero-order valence-electron chi connectivity index (χ0n) is 14.9. The van der Waals surface area contributed by atoms with Crippen molar-refractivity contribution in [2.24, 2.45) is 0 Å². The molecule has 0 aromatic heterocycles. The molecule has 0 atom stereocenters. The van der Waals surface area contributed by atoms with E-state index in [4.69, 9.17) is 9.47 Å². The maximum Gasteiger partial charge on any atom is 0.342 e. The molecule has 2 aromatic rings. The van der Waals surface area contributed by atoms with Crippen molar-refractivity contribution in [1.82, 2.24) is 0 Å². The molecule has 0 fully saturated rings. The summed E-state index contributed by atoms with van der Waals surface area (Å²) in [6, 6.07) is 7.18. The van der Waals surface area contributed by atoms with Crippen molar-refractivity contribution >= 4 is 23.3 Å². The highest BCUT2D eigenvalue weighted by Crippen LogP contribution is 2.32. The van der Waals surface area contributed by atoms with Gasteiger partial charge in [-0.05, 0) is 31.0 Å². The molecule has 1 amide bonds. The van der Waals surface area contributed by atoms with Crippen molar-refractivity contribution < 1.29 is 29.1 Å². The van der Waals surface area contributed by atoms with Gasteiger partial charge in [-0.25, -0.2) is 4.79 Å². The number of amides is 1. The standard InChI is InChI=1S/C18H18N2O7/c1-10-5-4-6-12(17(10)22)18(23)27-9-16(21)19-13-8-15(26-3)14(20(24)25)7-11(13)2/h4-8,22H,9H2,1-3H3,(H,19,21). The highest BCUT2D eigenvalue weighted by molar-refractivity contribution is 5.97. The summed E-state index contributed by atoms with van der Waals surface area (Å²) in [6.45, 7) is 2.62. The van der Waals surface area contributed by atoms with Gasteiger partial charge in [0.25, 0.3) is 5.91 Å². The van der Waals surface area contributed by atoms with Gasteiger partial charge in [0.1, 0.15) is 11.3 Å². The molecule has 0 saturated heterocycles. The van der Waals surface area contributed by atoms with Gasteiger partial charge in [0.15, 0.2) is 12.4 Å².